The number of carbonyl (C=O) groups excluding carboxylic acids is 1. The summed E-state index contributed by atoms with van der Waals surface area (Å²) < 4.78 is 28.5. The minimum Gasteiger partial charge on any atom is -0.324 e. The molecule has 0 saturated carbocycles. The third-order valence-corrected chi connectivity index (χ3v) is 6.55. The summed E-state index contributed by atoms with van der Waals surface area (Å²) in [6, 6.07) is 7.47. The first-order chi connectivity index (χ1) is 12.2. The standard InChI is InChI=1S/C18H26N4O3S/c1-6-21(7-2)26(24,25)18-14(4)20-22(15(18)5)12-17(23)19-16-10-8-13(3)9-11-16/h8-11H,6-7,12H2,1-5H3,(H,19,23). The van der Waals surface area contributed by atoms with Gasteiger partial charge in [-0.3, -0.25) is 9.48 Å². The van der Waals surface area contributed by atoms with Gasteiger partial charge in [-0.05, 0) is 32.9 Å². The van der Waals surface area contributed by atoms with Crippen molar-refractivity contribution in [1.82, 2.24) is 14.1 Å². The molecule has 0 aliphatic rings. The Morgan fingerprint density at radius 1 is 1.12 bits per heavy atom. The van der Waals surface area contributed by atoms with E-state index < -0.39 is 10.0 Å². The molecule has 0 saturated heterocycles. The van der Waals surface area contributed by atoms with E-state index in [4.69, 9.17) is 0 Å². The number of nitrogens with zero attached hydrogens (tertiary/aromatic N) is 3. The van der Waals surface area contributed by atoms with E-state index in [1.54, 1.807) is 27.7 Å². The van der Waals surface area contributed by atoms with E-state index in [1.165, 1.54) is 8.99 Å². The van der Waals surface area contributed by atoms with Crippen LogP contribution in [0.3, 0.4) is 0 Å². The van der Waals surface area contributed by atoms with Crippen molar-refractivity contribution in [3.63, 3.8) is 0 Å². The molecule has 1 amide bonds. The fraction of sp³-hybridized carbons (Fsp3) is 0.444. The van der Waals surface area contributed by atoms with E-state index in [2.05, 4.69) is 10.4 Å². The Bertz CT molecular complexity index is 882. The number of rotatable bonds is 7. The molecule has 0 aliphatic carbocycles. The second-order valence-corrected chi connectivity index (χ2v) is 8.04. The summed E-state index contributed by atoms with van der Waals surface area (Å²) in [5.74, 6) is -0.258. The first-order valence-electron chi connectivity index (χ1n) is 8.61. The normalized spacial score (nSPS) is 11.8. The van der Waals surface area contributed by atoms with Gasteiger partial charge in [-0.15, -0.1) is 0 Å². The molecule has 0 fully saturated rings. The summed E-state index contributed by atoms with van der Waals surface area (Å²) in [5, 5.41) is 7.07. The molecule has 142 valence electrons. The highest BCUT2D eigenvalue weighted by atomic mass is 32.2. The molecule has 1 aromatic heterocycles. The number of sulfonamides is 1. The molecule has 0 aliphatic heterocycles. The minimum atomic E-state index is -3.62. The van der Waals surface area contributed by atoms with E-state index in [0.717, 1.165) is 5.56 Å². The van der Waals surface area contributed by atoms with E-state index in [-0.39, 0.29) is 17.3 Å². The van der Waals surface area contributed by atoms with E-state index in [9.17, 15) is 13.2 Å². The Kier molecular flexibility index (Phi) is 6.20. The van der Waals surface area contributed by atoms with Gasteiger partial charge in [0.25, 0.3) is 0 Å². The number of benzene rings is 1. The molecule has 0 spiro atoms. The van der Waals surface area contributed by atoms with Crippen LogP contribution in [0.5, 0.6) is 0 Å². The van der Waals surface area contributed by atoms with Gasteiger partial charge in [0.05, 0.1) is 11.4 Å². The molecular formula is C18H26N4O3S. The lowest BCUT2D eigenvalue weighted by molar-refractivity contribution is -0.116. The van der Waals surface area contributed by atoms with Gasteiger partial charge in [-0.25, -0.2) is 8.42 Å². The molecule has 2 aromatic rings. The molecule has 0 atom stereocenters. The topological polar surface area (TPSA) is 84.3 Å². The number of aryl methyl sites for hydroxylation is 2. The van der Waals surface area contributed by atoms with Gasteiger partial charge in [-0.2, -0.15) is 9.40 Å². The van der Waals surface area contributed by atoms with Crippen molar-refractivity contribution in [3.05, 3.63) is 41.2 Å². The first kappa shape index (κ1) is 20.1. The van der Waals surface area contributed by atoms with Crippen molar-refractivity contribution in [2.45, 2.75) is 46.1 Å². The maximum Gasteiger partial charge on any atom is 0.246 e. The van der Waals surface area contributed by atoms with Crippen LogP contribution in [-0.4, -0.2) is 41.5 Å². The molecule has 1 N–H and O–H groups in total. The lowest BCUT2D eigenvalue weighted by Gasteiger charge is -2.18. The lowest BCUT2D eigenvalue weighted by atomic mass is 10.2. The number of aromatic nitrogens is 2. The SMILES string of the molecule is CCN(CC)S(=O)(=O)c1c(C)nn(CC(=O)Nc2ccc(C)cc2)c1C. The number of hydrogen-bond acceptors (Lipinski definition) is 4. The maximum absolute atomic E-state index is 12.8. The van der Waals surface area contributed by atoms with Crippen LogP contribution in [-0.2, 0) is 21.4 Å². The second kappa shape index (κ2) is 8.01. The highest BCUT2D eigenvalue weighted by Gasteiger charge is 2.29. The van der Waals surface area contributed by atoms with Gasteiger partial charge in [0, 0.05) is 18.8 Å². The largest absolute Gasteiger partial charge is 0.324 e. The van der Waals surface area contributed by atoms with Gasteiger partial charge < -0.3 is 5.32 Å². The van der Waals surface area contributed by atoms with Crippen molar-refractivity contribution in [2.75, 3.05) is 18.4 Å². The molecule has 2 rings (SSSR count). The average Bonchev–Trinajstić information content (AvgIpc) is 2.84. The fourth-order valence-electron chi connectivity index (χ4n) is 2.87. The zero-order valence-corrected chi connectivity index (χ0v) is 16.7. The molecular weight excluding hydrogens is 352 g/mol. The van der Waals surface area contributed by atoms with Gasteiger partial charge in [0.2, 0.25) is 15.9 Å². The highest BCUT2D eigenvalue weighted by Crippen LogP contribution is 2.23. The Morgan fingerprint density at radius 2 is 1.69 bits per heavy atom. The van der Waals surface area contributed by atoms with Crippen LogP contribution in [0, 0.1) is 20.8 Å². The molecule has 8 heteroatoms. The Labute approximate surface area is 155 Å². The number of amides is 1. The van der Waals surface area contributed by atoms with Crippen molar-refractivity contribution in [2.24, 2.45) is 0 Å². The third-order valence-electron chi connectivity index (χ3n) is 4.25. The van der Waals surface area contributed by atoms with Gasteiger partial charge in [0.1, 0.15) is 11.4 Å². The molecule has 7 nitrogen and oxygen atoms in total. The highest BCUT2D eigenvalue weighted by molar-refractivity contribution is 7.89. The summed E-state index contributed by atoms with van der Waals surface area (Å²) in [5.41, 5.74) is 2.66. The quantitative estimate of drug-likeness (QED) is 0.802. The summed E-state index contributed by atoms with van der Waals surface area (Å²) in [6.45, 7) is 9.62. The van der Waals surface area contributed by atoms with Gasteiger partial charge in [-0.1, -0.05) is 31.5 Å². The fourth-order valence-corrected chi connectivity index (χ4v) is 4.70. The van der Waals surface area contributed by atoms with Crippen LogP contribution >= 0.6 is 0 Å². The van der Waals surface area contributed by atoms with Gasteiger partial charge >= 0.3 is 0 Å². The Balaban J connectivity index is 2.24. The monoisotopic (exact) mass is 378 g/mol. The summed E-state index contributed by atoms with van der Waals surface area (Å²) in [6.07, 6.45) is 0. The molecule has 1 aromatic carbocycles. The molecule has 1 heterocycles. The Morgan fingerprint density at radius 3 is 2.23 bits per heavy atom. The van der Waals surface area contributed by atoms with Crippen LogP contribution in [0.2, 0.25) is 0 Å². The molecule has 26 heavy (non-hydrogen) atoms. The van der Waals surface area contributed by atoms with Crippen molar-refractivity contribution in [3.8, 4) is 0 Å². The van der Waals surface area contributed by atoms with Crippen molar-refractivity contribution < 1.29 is 13.2 Å². The molecule has 0 bridgehead atoms. The predicted molar refractivity (Wildman–Crippen MR) is 102 cm³/mol. The van der Waals surface area contributed by atoms with Crippen LogP contribution < -0.4 is 5.32 Å². The molecule has 0 unspecified atom stereocenters. The number of nitrogens with one attached hydrogen (secondary N) is 1. The minimum absolute atomic E-state index is 0.0473. The number of hydrogen-bond donors (Lipinski definition) is 1. The number of anilines is 1. The predicted octanol–water partition coefficient (Wildman–Crippen LogP) is 2.48. The smallest absolute Gasteiger partial charge is 0.246 e. The maximum atomic E-state index is 12.8. The molecule has 0 radical (unpaired) electrons. The van der Waals surface area contributed by atoms with Crippen molar-refractivity contribution >= 4 is 21.6 Å². The van der Waals surface area contributed by atoms with E-state index in [1.807, 2.05) is 31.2 Å². The van der Waals surface area contributed by atoms with Crippen molar-refractivity contribution in [1.29, 1.82) is 0 Å². The van der Waals surface area contributed by atoms with Crippen LogP contribution in [0.1, 0.15) is 30.8 Å². The summed E-state index contributed by atoms with van der Waals surface area (Å²) >= 11 is 0. The lowest BCUT2D eigenvalue weighted by Crippen LogP contribution is -2.31. The zero-order chi connectivity index (χ0) is 19.5. The average molecular weight is 378 g/mol. The van der Waals surface area contributed by atoms with Crippen LogP contribution in [0.4, 0.5) is 5.69 Å². The van der Waals surface area contributed by atoms with Crippen LogP contribution in [0.25, 0.3) is 0 Å². The number of carbonyl (C=O) groups is 1. The second-order valence-electron chi connectivity index (χ2n) is 6.16. The van der Waals surface area contributed by atoms with Crippen LogP contribution in [0.15, 0.2) is 29.2 Å². The third kappa shape index (κ3) is 4.13. The van der Waals surface area contributed by atoms with E-state index >= 15 is 0 Å². The first-order valence-corrected chi connectivity index (χ1v) is 10.0. The summed E-state index contributed by atoms with van der Waals surface area (Å²) in [4.78, 5) is 12.5. The van der Waals surface area contributed by atoms with Gasteiger partial charge in [0.15, 0.2) is 0 Å². The summed E-state index contributed by atoms with van der Waals surface area (Å²) in [7, 11) is -3.62. The Hall–Kier alpha value is -2.19. The zero-order valence-electron chi connectivity index (χ0n) is 15.9. The van der Waals surface area contributed by atoms with E-state index in [0.29, 0.717) is 30.2 Å².